The monoisotopic (exact) mass is 325 g/mol. The number of methoxy groups -OCH3 is 1. The summed E-state index contributed by atoms with van der Waals surface area (Å²) < 4.78 is 13.5. The van der Waals surface area contributed by atoms with E-state index in [1.165, 1.54) is 32.4 Å². The Hall–Kier alpha value is -2.27. The molecule has 5 nitrogen and oxygen atoms in total. The molecule has 0 saturated carbocycles. The van der Waals surface area contributed by atoms with Crippen molar-refractivity contribution in [2.75, 3.05) is 33.4 Å². The van der Waals surface area contributed by atoms with Crippen molar-refractivity contribution in [1.82, 2.24) is 14.3 Å². The lowest BCUT2D eigenvalue weighted by molar-refractivity contribution is 0.184. The molecule has 126 valence electrons. The minimum Gasteiger partial charge on any atom is -0.494 e. The van der Waals surface area contributed by atoms with Gasteiger partial charge < -0.3 is 13.9 Å². The maximum absolute atomic E-state index is 6.06. The third kappa shape index (κ3) is 2.80. The Morgan fingerprint density at radius 3 is 2.75 bits per heavy atom. The molecule has 0 spiro atoms. The number of aromatic nitrogens is 2. The van der Waals surface area contributed by atoms with Crippen LogP contribution in [0.15, 0.2) is 36.7 Å². The highest BCUT2D eigenvalue weighted by Crippen LogP contribution is 2.28. The Labute approximate surface area is 141 Å². The molecule has 4 rings (SSSR count). The van der Waals surface area contributed by atoms with Crippen molar-refractivity contribution in [3.63, 3.8) is 0 Å². The first-order valence-electron chi connectivity index (χ1n) is 8.65. The van der Waals surface area contributed by atoms with Crippen molar-refractivity contribution >= 4 is 16.6 Å². The van der Waals surface area contributed by atoms with Gasteiger partial charge in [0.25, 0.3) is 0 Å². The fourth-order valence-electron chi connectivity index (χ4n) is 3.48. The third-order valence-corrected chi connectivity index (χ3v) is 4.77. The number of para-hydroxylation sites is 1. The zero-order chi connectivity index (χ0) is 16.4. The van der Waals surface area contributed by atoms with Crippen molar-refractivity contribution < 1.29 is 9.47 Å². The van der Waals surface area contributed by atoms with Crippen molar-refractivity contribution in [2.45, 2.75) is 19.3 Å². The first-order chi connectivity index (χ1) is 11.9. The van der Waals surface area contributed by atoms with E-state index in [1.807, 2.05) is 30.6 Å². The molecule has 1 saturated heterocycles. The molecule has 3 aromatic rings. The molecule has 1 aliphatic rings. The van der Waals surface area contributed by atoms with Crippen LogP contribution in [0.5, 0.6) is 11.5 Å². The molecule has 1 aliphatic heterocycles. The quantitative estimate of drug-likeness (QED) is 0.721. The predicted molar refractivity (Wildman–Crippen MR) is 95.0 cm³/mol. The van der Waals surface area contributed by atoms with Crippen LogP contribution in [0, 0.1) is 0 Å². The normalized spacial score (nSPS) is 15.9. The van der Waals surface area contributed by atoms with E-state index in [9.17, 15) is 0 Å². The number of likely N-dealkylation sites (tertiary alicyclic amines) is 1. The molecule has 0 unspecified atom stereocenters. The van der Waals surface area contributed by atoms with E-state index in [0.29, 0.717) is 6.61 Å². The smallest absolute Gasteiger partial charge is 0.147 e. The molecular formula is C19H23N3O2. The number of benzene rings is 1. The molecule has 0 N–H and O–H groups in total. The van der Waals surface area contributed by atoms with Gasteiger partial charge in [-0.15, -0.1) is 0 Å². The number of ether oxygens (including phenoxy) is 2. The predicted octanol–water partition coefficient (Wildman–Crippen LogP) is 3.36. The maximum atomic E-state index is 6.06. The number of hydrogen-bond donors (Lipinski definition) is 0. The molecule has 1 fully saturated rings. The molecule has 2 aromatic heterocycles. The van der Waals surface area contributed by atoms with Crippen LogP contribution in [0.2, 0.25) is 0 Å². The van der Waals surface area contributed by atoms with Crippen molar-refractivity contribution in [3.8, 4) is 11.5 Å². The molecular weight excluding hydrogens is 302 g/mol. The topological polar surface area (TPSA) is 39.0 Å². The van der Waals surface area contributed by atoms with Gasteiger partial charge in [-0.2, -0.15) is 0 Å². The van der Waals surface area contributed by atoms with Gasteiger partial charge in [-0.3, -0.25) is 4.90 Å². The van der Waals surface area contributed by atoms with Crippen LogP contribution < -0.4 is 9.47 Å². The molecule has 0 amide bonds. The van der Waals surface area contributed by atoms with Crippen LogP contribution in [0.3, 0.4) is 0 Å². The highest BCUT2D eigenvalue weighted by molar-refractivity contribution is 5.85. The van der Waals surface area contributed by atoms with E-state index in [2.05, 4.69) is 20.4 Å². The molecule has 0 bridgehead atoms. The minimum atomic E-state index is 0.702. The van der Waals surface area contributed by atoms with Crippen LogP contribution in [-0.4, -0.2) is 47.6 Å². The van der Waals surface area contributed by atoms with E-state index >= 15 is 0 Å². The zero-order valence-electron chi connectivity index (χ0n) is 14.1. The van der Waals surface area contributed by atoms with Crippen LogP contribution in [0.25, 0.3) is 16.6 Å². The summed E-state index contributed by atoms with van der Waals surface area (Å²) in [5.41, 5.74) is 2.89. The molecule has 3 heterocycles. The van der Waals surface area contributed by atoms with E-state index < -0.39 is 0 Å². The highest BCUT2D eigenvalue weighted by Gasteiger charge is 2.12. The van der Waals surface area contributed by atoms with E-state index in [1.54, 1.807) is 7.11 Å². The fourth-order valence-corrected chi connectivity index (χ4v) is 3.48. The summed E-state index contributed by atoms with van der Waals surface area (Å²) in [6.45, 7) is 4.08. The standard InChI is InChI=1S/C19H23N3O2/c1-23-17-8-11-22-15-6-5-7-18(19(15)20-14-16(17)22)24-13-12-21-9-3-2-4-10-21/h5-8,11,14H,2-4,9-10,12-13H2,1H3. The summed E-state index contributed by atoms with van der Waals surface area (Å²) in [6, 6.07) is 8.04. The third-order valence-electron chi connectivity index (χ3n) is 4.77. The Balaban J connectivity index is 1.57. The number of piperidine rings is 1. The highest BCUT2D eigenvalue weighted by atomic mass is 16.5. The zero-order valence-corrected chi connectivity index (χ0v) is 14.1. The Morgan fingerprint density at radius 2 is 1.92 bits per heavy atom. The summed E-state index contributed by atoms with van der Waals surface area (Å²) >= 11 is 0. The fraction of sp³-hybridized carbons (Fsp3) is 0.421. The summed E-state index contributed by atoms with van der Waals surface area (Å²) in [5, 5.41) is 0. The lowest BCUT2D eigenvalue weighted by atomic mass is 10.1. The summed E-state index contributed by atoms with van der Waals surface area (Å²) in [6.07, 6.45) is 7.84. The van der Waals surface area contributed by atoms with Crippen LogP contribution in [0.4, 0.5) is 0 Å². The van der Waals surface area contributed by atoms with Crippen molar-refractivity contribution in [1.29, 1.82) is 0 Å². The number of fused-ring (bicyclic) bond motifs is 3. The van der Waals surface area contributed by atoms with E-state index in [4.69, 9.17) is 9.47 Å². The summed E-state index contributed by atoms with van der Waals surface area (Å²) in [7, 11) is 1.68. The number of nitrogens with zero attached hydrogens (tertiary/aromatic N) is 3. The van der Waals surface area contributed by atoms with Gasteiger partial charge in [0.1, 0.15) is 29.1 Å². The van der Waals surface area contributed by atoms with Crippen LogP contribution in [-0.2, 0) is 0 Å². The molecule has 5 heteroatoms. The van der Waals surface area contributed by atoms with Gasteiger partial charge in [0.2, 0.25) is 0 Å². The van der Waals surface area contributed by atoms with Gasteiger partial charge in [-0.05, 0) is 44.1 Å². The Kier molecular flexibility index (Phi) is 4.26. The molecule has 1 aromatic carbocycles. The second-order valence-corrected chi connectivity index (χ2v) is 6.27. The van der Waals surface area contributed by atoms with Gasteiger partial charge in [0.05, 0.1) is 18.8 Å². The first-order valence-corrected chi connectivity index (χ1v) is 8.65. The van der Waals surface area contributed by atoms with Gasteiger partial charge in [-0.25, -0.2) is 4.98 Å². The van der Waals surface area contributed by atoms with Crippen molar-refractivity contribution in [3.05, 3.63) is 36.7 Å². The Bertz CT molecular complexity index is 837. The van der Waals surface area contributed by atoms with Gasteiger partial charge in [-0.1, -0.05) is 12.5 Å². The molecule has 0 radical (unpaired) electrons. The average molecular weight is 325 g/mol. The SMILES string of the molecule is COc1ccn2c1cnc1c(OCCN3CCCCC3)cccc12. The molecule has 0 atom stereocenters. The number of rotatable bonds is 5. The molecule has 0 aliphatic carbocycles. The second kappa shape index (κ2) is 6.69. The van der Waals surface area contributed by atoms with E-state index in [0.717, 1.165) is 34.6 Å². The maximum Gasteiger partial charge on any atom is 0.147 e. The minimum absolute atomic E-state index is 0.702. The lowest BCUT2D eigenvalue weighted by Crippen LogP contribution is -2.33. The van der Waals surface area contributed by atoms with Gasteiger partial charge in [0.15, 0.2) is 0 Å². The van der Waals surface area contributed by atoms with E-state index in [-0.39, 0.29) is 0 Å². The Morgan fingerprint density at radius 1 is 1.04 bits per heavy atom. The van der Waals surface area contributed by atoms with Crippen LogP contribution >= 0.6 is 0 Å². The van der Waals surface area contributed by atoms with Crippen LogP contribution in [0.1, 0.15) is 19.3 Å². The van der Waals surface area contributed by atoms with Gasteiger partial charge >= 0.3 is 0 Å². The average Bonchev–Trinajstić information content (AvgIpc) is 3.06. The van der Waals surface area contributed by atoms with Gasteiger partial charge in [0, 0.05) is 12.7 Å². The number of hydrogen-bond acceptors (Lipinski definition) is 4. The first kappa shape index (κ1) is 15.3. The summed E-state index contributed by atoms with van der Waals surface area (Å²) in [5.74, 6) is 1.68. The van der Waals surface area contributed by atoms with Crippen molar-refractivity contribution in [2.24, 2.45) is 0 Å². The summed E-state index contributed by atoms with van der Waals surface area (Å²) in [4.78, 5) is 7.10. The largest absolute Gasteiger partial charge is 0.494 e. The molecule has 24 heavy (non-hydrogen) atoms. The lowest BCUT2D eigenvalue weighted by Gasteiger charge is -2.26. The second-order valence-electron chi connectivity index (χ2n) is 6.27.